The van der Waals surface area contributed by atoms with E-state index in [9.17, 15) is 9.59 Å². The Morgan fingerprint density at radius 2 is 1.96 bits per heavy atom. The Morgan fingerprint density at radius 3 is 2.67 bits per heavy atom. The second-order valence-corrected chi connectivity index (χ2v) is 6.40. The number of carbonyl (C=O) groups excluding carboxylic acids is 2. The first-order valence-electron chi connectivity index (χ1n) is 7.65. The van der Waals surface area contributed by atoms with E-state index in [2.05, 4.69) is 5.32 Å². The molecule has 2 aromatic rings. The molecule has 124 valence electrons. The molecule has 1 aliphatic rings. The SMILES string of the molecule is C[C@@](NC(=O)N1CCc2ccccc21)(C(N)=O)c1cccc(Cl)c1. The van der Waals surface area contributed by atoms with Gasteiger partial charge in [0.2, 0.25) is 5.91 Å². The third-order valence-electron chi connectivity index (χ3n) is 4.38. The summed E-state index contributed by atoms with van der Waals surface area (Å²) in [6, 6.07) is 14.1. The van der Waals surface area contributed by atoms with Gasteiger partial charge in [0, 0.05) is 17.3 Å². The highest BCUT2D eigenvalue weighted by Crippen LogP contribution is 2.29. The minimum Gasteiger partial charge on any atom is -0.367 e. The van der Waals surface area contributed by atoms with Gasteiger partial charge < -0.3 is 11.1 Å². The second-order valence-electron chi connectivity index (χ2n) is 5.96. The fraction of sp³-hybridized carbons (Fsp3) is 0.222. The molecule has 0 fully saturated rings. The summed E-state index contributed by atoms with van der Waals surface area (Å²) in [5, 5.41) is 3.25. The second kappa shape index (κ2) is 6.17. The Labute approximate surface area is 145 Å². The Hall–Kier alpha value is -2.53. The molecule has 0 saturated carbocycles. The smallest absolute Gasteiger partial charge is 0.323 e. The van der Waals surface area contributed by atoms with Gasteiger partial charge in [0.1, 0.15) is 5.54 Å². The average molecular weight is 344 g/mol. The molecule has 1 heterocycles. The molecule has 0 spiro atoms. The third kappa shape index (κ3) is 2.83. The van der Waals surface area contributed by atoms with Gasteiger partial charge in [-0.05, 0) is 42.7 Å². The van der Waals surface area contributed by atoms with Gasteiger partial charge in [0.05, 0.1) is 0 Å². The van der Waals surface area contributed by atoms with Gasteiger partial charge in [0.15, 0.2) is 0 Å². The van der Waals surface area contributed by atoms with Gasteiger partial charge in [0.25, 0.3) is 0 Å². The maximum absolute atomic E-state index is 12.8. The number of anilines is 1. The van der Waals surface area contributed by atoms with E-state index in [4.69, 9.17) is 17.3 Å². The number of para-hydroxylation sites is 1. The zero-order valence-corrected chi connectivity index (χ0v) is 14.0. The lowest BCUT2D eigenvalue weighted by Gasteiger charge is -2.30. The Balaban J connectivity index is 1.90. The molecule has 6 heteroatoms. The van der Waals surface area contributed by atoms with Gasteiger partial charge in [-0.2, -0.15) is 0 Å². The van der Waals surface area contributed by atoms with Crippen molar-refractivity contribution in [2.75, 3.05) is 11.4 Å². The minimum atomic E-state index is -1.35. The van der Waals surface area contributed by atoms with Crippen molar-refractivity contribution in [3.05, 3.63) is 64.7 Å². The van der Waals surface area contributed by atoms with Gasteiger partial charge in [-0.25, -0.2) is 4.79 Å². The predicted molar refractivity (Wildman–Crippen MR) is 94.0 cm³/mol. The molecule has 3 rings (SSSR count). The van der Waals surface area contributed by atoms with Crippen molar-refractivity contribution in [2.24, 2.45) is 5.73 Å². The van der Waals surface area contributed by atoms with Crippen LogP contribution in [0.2, 0.25) is 5.02 Å². The van der Waals surface area contributed by atoms with E-state index in [-0.39, 0.29) is 6.03 Å². The normalized spacial score (nSPS) is 15.5. The lowest BCUT2D eigenvalue weighted by atomic mass is 9.91. The van der Waals surface area contributed by atoms with Crippen molar-refractivity contribution in [2.45, 2.75) is 18.9 Å². The number of amides is 3. The number of hydrogen-bond donors (Lipinski definition) is 2. The lowest BCUT2D eigenvalue weighted by Crippen LogP contribution is -2.56. The number of hydrogen-bond acceptors (Lipinski definition) is 2. The van der Waals surface area contributed by atoms with Crippen LogP contribution in [-0.4, -0.2) is 18.5 Å². The fourth-order valence-electron chi connectivity index (χ4n) is 2.91. The summed E-state index contributed by atoms with van der Waals surface area (Å²) in [6.45, 7) is 2.15. The van der Waals surface area contributed by atoms with Crippen LogP contribution in [0.1, 0.15) is 18.1 Å². The van der Waals surface area contributed by atoms with Crippen LogP contribution in [0.15, 0.2) is 48.5 Å². The first-order valence-corrected chi connectivity index (χ1v) is 8.03. The molecule has 3 N–H and O–H groups in total. The molecule has 24 heavy (non-hydrogen) atoms. The van der Waals surface area contributed by atoms with E-state index in [0.717, 1.165) is 17.7 Å². The van der Waals surface area contributed by atoms with Crippen molar-refractivity contribution >= 4 is 29.2 Å². The van der Waals surface area contributed by atoms with Crippen molar-refractivity contribution in [1.82, 2.24) is 5.32 Å². The van der Waals surface area contributed by atoms with Crippen LogP contribution in [0.25, 0.3) is 0 Å². The van der Waals surface area contributed by atoms with E-state index in [1.165, 1.54) is 0 Å². The van der Waals surface area contributed by atoms with Crippen molar-refractivity contribution in [3.8, 4) is 0 Å². The molecule has 3 amide bonds. The highest BCUT2D eigenvalue weighted by Gasteiger charge is 2.37. The van der Waals surface area contributed by atoms with Crippen LogP contribution in [0, 0.1) is 0 Å². The van der Waals surface area contributed by atoms with Crippen molar-refractivity contribution < 1.29 is 9.59 Å². The molecule has 0 unspecified atom stereocenters. The van der Waals surface area contributed by atoms with Gasteiger partial charge >= 0.3 is 6.03 Å². The number of carbonyl (C=O) groups is 2. The fourth-order valence-corrected chi connectivity index (χ4v) is 3.10. The molecule has 0 saturated heterocycles. The number of benzene rings is 2. The first kappa shape index (κ1) is 16.3. The number of urea groups is 1. The summed E-state index contributed by atoms with van der Waals surface area (Å²) >= 11 is 6.01. The number of primary amides is 1. The number of nitrogens with two attached hydrogens (primary N) is 1. The molecule has 1 atom stereocenters. The van der Waals surface area contributed by atoms with Crippen LogP contribution in [-0.2, 0) is 16.8 Å². The van der Waals surface area contributed by atoms with Crippen LogP contribution >= 0.6 is 11.6 Å². The van der Waals surface area contributed by atoms with E-state index in [1.807, 2.05) is 24.3 Å². The number of rotatable bonds is 3. The van der Waals surface area contributed by atoms with Crippen LogP contribution < -0.4 is 16.0 Å². The van der Waals surface area contributed by atoms with Crippen molar-refractivity contribution in [1.29, 1.82) is 0 Å². The van der Waals surface area contributed by atoms with E-state index < -0.39 is 11.4 Å². The summed E-state index contributed by atoms with van der Waals surface area (Å²) in [4.78, 5) is 26.5. The molecule has 0 aromatic heterocycles. The topological polar surface area (TPSA) is 75.4 Å². The Morgan fingerprint density at radius 1 is 1.21 bits per heavy atom. The zero-order valence-electron chi connectivity index (χ0n) is 13.3. The number of halogens is 1. The van der Waals surface area contributed by atoms with E-state index in [1.54, 1.807) is 36.1 Å². The summed E-state index contributed by atoms with van der Waals surface area (Å²) in [5.74, 6) is -0.648. The standard InChI is InChI=1S/C18H18ClN3O2/c1-18(16(20)23,13-6-4-7-14(19)11-13)21-17(24)22-10-9-12-5-2-3-8-15(12)22/h2-8,11H,9-10H2,1H3,(H2,20,23)(H,21,24)/t18-/m0/s1. The minimum absolute atomic E-state index is 0.360. The molecular formula is C18H18ClN3O2. The van der Waals surface area contributed by atoms with Crippen LogP contribution in [0.3, 0.4) is 0 Å². The van der Waals surface area contributed by atoms with E-state index >= 15 is 0 Å². The van der Waals surface area contributed by atoms with Crippen LogP contribution in [0.5, 0.6) is 0 Å². The third-order valence-corrected chi connectivity index (χ3v) is 4.62. The summed E-state index contributed by atoms with van der Waals surface area (Å²) in [6.07, 6.45) is 0.786. The first-order chi connectivity index (χ1) is 11.4. The maximum Gasteiger partial charge on any atom is 0.323 e. The molecule has 1 aliphatic heterocycles. The molecule has 2 aromatic carbocycles. The van der Waals surface area contributed by atoms with E-state index in [0.29, 0.717) is 17.1 Å². The lowest BCUT2D eigenvalue weighted by molar-refractivity contribution is -0.123. The van der Waals surface area contributed by atoms with Crippen molar-refractivity contribution in [3.63, 3.8) is 0 Å². The zero-order chi connectivity index (χ0) is 17.3. The largest absolute Gasteiger partial charge is 0.367 e. The summed E-state index contributed by atoms with van der Waals surface area (Å²) < 4.78 is 0. The highest BCUT2D eigenvalue weighted by molar-refractivity contribution is 6.30. The predicted octanol–water partition coefficient (Wildman–Crippen LogP) is 2.81. The maximum atomic E-state index is 12.8. The van der Waals surface area contributed by atoms with Gasteiger partial charge in [-0.3, -0.25) is 9.69 Å². The molecule has 0 radical (unpaired) electrons. The average Bonchev–Trinajstić information content (AvgIpc) is 2.98. The quantitative estimate of drug-likeness (QED) is 0.899. The monoisotopic (exact) mass is 343 g/mol. The van der Waals surface area contributed by atoms with Gasteiger partial charge in [-0.15, -0.1) is 0 Å². The molecular weight excluding hydrogens is 326 g/mol. The number of nitrogens with zero attached hydrogens (tertiary/aromatic N) is 1. The molecule has 5 nitrogen and oxygen atoms in total. The molecule has 0 aliphatic carbocycles. The summed E-state index contributed by atoms with van der Waals surface area (Å²) in [5.41, 5.74) is 6.74. The van der Waals surface area contributed by atoms with Gasteiger partial charge in [-0.1, -0.05) is 41.9 Å². The summed E-state index contributed by atoms with van der Waals surface area (Å²) in [7, 11) is 0. The Kier molecular flexibility index (Phi) is 4.20. The number of fused-ring (bicyclic) bond motifs is 1. The Bertz CT molecular complexity index is 808. The highest BCUT2D eigenvalue weighted by atomic mass is 35.5. The van der Waals surface area contributed by atoms with Crippen LogP contribution in [0.4, 0.5) is 10.5 Å². The number of nitrogens with one attached hydrogen (secondary N) is 1. The molecule has 0 bridgehead atoms.